The topological polar surface area (TPSA) is 59.1 Å². The monoisotopic (exact) mass is 194 g/mol. The molecule has 74 valence electrons. The molecule has 1 saturated heterocycles. The van der Waals surface area contributed by atoms with E-state index in [4.69, 9.17) is 14.6 Å². The molecule has 1 aromatic carbocycles. The molecule has 0 bridgehead atoms. The molecule has 1 aliphatic rings. The van der Waals surface area contributed by atoms with E-state index in [0.717, 1.165) is 6.61 Å². The third-order valence-electron chi connectivity index (χ3n) is 1.92. The quantitative estimate of drug-likeness (QED) is 0.731. The number of epoxide rings is 1. The van der Waals surface area contributed by atoms with Crippen LogP contribution in [-0.2, 0) is 4.74 Å². The lowest BCUT2D eigenvalue weighted by atomic mass is 10.2. The Morgan fingerprint density at radius 3 is 3.07 bits per heavy atom. The lowest BCUT2D eigenvalue weighted by molar-refractivity contribution is 0.0696. The zero-order valence-corrected chi connectivity index (χ0v) is 7.47. The second-order valence-electron chi connectivity index (χ2n) is 3.10. The smallest absolute Gasteiger partial charge is 0.335 e. The van der Waals surface area contributed by atoms with Crippen molar-refractivity contribution in [3.05, 3.63) is 29.8 Å². The standard InChI is InChI=1S/C10H10O4/c11-10(12)7-2-1-3-8(4-7)13-5-9-6-14-9/h1-4,9H,5-6H2,(H,11,12)/t9-/m1/s1. The van der Waals surface area contributed by atoms with E-state index in [1.807, 2.05) is 0 Å². The highest BCUT2D eigenvalue weighted by atomic mass is 16.6. The van der Waals surface area contributed by atoms with Crippen LogP contribution in [0.3, 0.4) is 0 Å². The normalized spacial score (nSPS) is 19.0. The number of carboxylic acid groups (broad SMARTS) is 1. The predicted molar refractivity (Wildman–Crippen MR) is 48.6 cm³/mol. The van der Waals surface area contributed by atoms with Gasteiger partial charge in [0.05, 0.1) is 12.2 Å². The zero-order valence-electron chi connectivity index (χ0n) is 7.47. The number of hydrogen-bond acceptors (Lipinski definition) is 3. The van der Waals surface area contributed by atoms with Crippen molar-refractivity contribution in [3.8, 4) is 5.75 Å². The Balaban J connectivity index is 2.01. The maximum atomic E-state index is 10.6. The van der Waals surface area contributed by atoms with E-state index in [2.05, 4.69) is 0 Å². The van der Waals surface area contributed by atoms with Gasteiger partial charge in [0.25, 0.3) is 0 Å². The van der Waals surface area contributed by atoms with Crippen LogP contribution in [0.2, 0.25) is 0 Å². The van der Waals surface area contributed by atoms with Crippen LogP contribution < -0.4 is 4.74 Å². The number of carboxylic acids is 1. The number of ether oxygens (including phenoxy) is 2. The van der Waals surface area contributed by atoms with Crippen LogP contribution in [0.4, 0.5) is 0 Å². The summed E-state index contributed by atoms with van der Waals surface area (Å²) >= 11 is 0. The van der Waals surface area contributed by atoms with Crippen molar-refractivity contribution in [2.45, 2.75) is 6.10 Å². The third kappa shape index (κ3) is 2.23. The van der Waals surface area contributed by atoms with Gasteiger partial charge in [-0.3, -0.25) is 0 Å². The third-order valence-corrected chi connectivity index (χ3v) is 1.92. The maximum Gasteiger partial charge on any atom is 0.335 e. The van der Waals surface area contributed by atoms with Gasteiger partial charge < -0.3 is 14.6 Å². The van der Waals surface area contributed by atoms with Crippen molar-refractivity contribution in [1.82, 2.24) is 0 Å². The molecule has 0 unspecified atom stereocenters. The Kier molecular flexibility index (Phi) is 2.37. The van der Waals surface area contributed by atoms with Gasteiger partial charge in [0.15, 0.2) is 0 Å². The van der Waals surface area contributed by atoms with Crippen molar-refractivity contribution in [2.24, 2.45) is 0 Å². The molecule has 14 heavy (non-hydrogen) atoms. The summed E-state index contributed by atoms with van der Waals surface area (Å²) in [7, 11) is 0. The van der Waals surface area contributed by atoms with Crippen LogP contribution in [0.1, 0.15) is 10.4 Å². The van der Waals surface area contributed by atoms with Crippen molar-refractivity contribution in [1.29, 1.82) is 0 Å². The second-order valence-corrected chi connectivity index (χ2v) is 3.10. The summed E-state index contributed by atoms with van der Waals surface area (Å²) in [4.78, 5) is 10.6. The van der Waals surface area contributed by atoms with E-state index in [0.29, 0.717) is 12.4 Å². The van der Waals surface area contributed by atoms with Gasteiger partial charge in [0.1, 0.15) is 18.5 Å². The minimum Gasteiger partial charge on any atom is -0.491 e. The molecular weight excluding hydrogens is 184 g/mol. The summed E-state index contributed by atoms with van der Waals surface area (Å²) in [5.74, 6) is -0.376. The summed E-state index contributed by atoms with van der Waals surface area (Å²) in [5.41, 5.74) is 0.235. The van der Waals surface area contributed by atoms with Gasteiger partial charge in [0.2, 0.25) is 0 Å². The molecule has 0 radical (unpaired) electrons. The number of benzene rings is 1. The maximum absolute atomic E-state index is 10.6. The predicted octanol–water partition coefficient (Wildman–Crippen LogP) is 1.16. The fraction of sp³-hybridized carbons (Fsp3) is 0.300. The number of carbonyl (C=O) groups is 1. The van der Waals surface area contributed by atoms with Crippen LogP contribution in [0, 0.1) is 0 Å². The highest BCUT2D eigenvalue weighted by molar-refractivity contribution is 5.87. The van der Waals surface area contributed by atoms with Crippen LogP contribution in [0.25, 0.3) is 0 Å². The Morgan fingerprint density at radius 2 is 2.43 bits per heavy atom. The molecule has 1 atom stereocenters. The Labute approximate surface area is 81.1 Å². The van der Waals surface area contributed by atoms with E-state index in [-0.39, 0.29) is 11.7 Å². The minimum absolute atomic E-state index is 0.184. The SMILES string of the molecule is O=C(O)c1cccc(OC[C@@H]2CO2)c1. The summed E-state index contributed by atoms with van der Waals surface area (Å²) < 4.78 is 10.3. The Morgan fingerprint density at radius 1 is 1.64 bits per heavy atom. The van der Waals surface area contributed by atoms with Gasteiger partial charge in [-0.25, -0.2) is 4.79 Å². The van der Waals surface area contributed by atoms with Gasteiger partial charge in [-0.05, 0) is 18.2 Å². The fourth-order valence-corrected chi connectivity index (χ4v) is 1.07. The van der Waals surface area contributed by atoms with E-state index < -0.39 is 5.97 Å². The van der Waals surface area contributed by atoms with E-state index >= 15 is 0 Å². The van der Waals surface area contributed by atoms with Crippen LogP contribution >= 0.6 is 0 Å². The minimum atomic E-state index is -0.946. The molecule has 0 spiro atoms. The first-order valence-electron chi connectivity index (χ1n) is 4.33. The largest absolute Gasteiger partial charge is 0.491 e. The molecule has 4 nitrogen and oxygen atoms in total. The van der Waals surface area contributed by atoms with Gasteiger partial charge in [-0.1, -0.05) is 6.07 Å². The van der Waals surface area contributed by atoms with Gasteiger partial charge in [-0.2, -0.15) is 0 Å². The highest BCUT2D eigenvalue weighted by Gasteiger charge is 2.23. The number of hydrogen-bond donors (Lipinski definition) is 1. The average Bonchev–Trinajstić information content (AvgIpc) is 2.99. The van der Waals surface area contributed by atoms with Gasteiger partial charge >= 0.3 is 5.97 Å². The summed E-state index contributed by atoms with van der Waals surface area (Å²) in [5, 5.41) is 8.72. The molecule has 0 saturated carbocycles. The van der Waals surface area contributed by atoms with E-state index in [1.165, 1.54) is 12.1 Å². The zero-order chi connectivity index (χ0) is 9.97. The van der Waals surface area contributed by atoms with Crippen LogP contribution in [0.15, 0.2) is 24.3 Å². The molecule has 1 fully saturated rings. The van der Waals surface area contributed by atoms with Crippen molar-refractivity contribution >= 4 is 5.97 Å². The first kappa shape index (κ1) is 9.02. The lowest BCUT2D eigenvalue weighted by Gasteiger charge is -2.04. The molecule has 0 amide bonds. The van der Waals surface area contributed by atoms with Crippen LogP contribution in [0.5, 0.6) is 5.75 Å². The Hall–Kier alpha value is -1.55. The van der Waals surface area contributed by atoms with Crippen LogP contribution in [-0.4, -0.2) is 30.4 Å². The molecule has 0 aromatic heterocycles. The summed E-state index contributed by atoms with van der Waals surface area (Å²) in [6, 6.07) is 6.43. The molecule has 1 heterocycles. The molecule has 1 N–H and O–H groups in total. The second kappa shape index (κ2) is 3.67. The highest BCUT2D eigenvalue weighted by Crippen LogP contribution is 2.16. The van der Waals surface area contributed by atoms with E-state index in [1.54, 1.807) is 12.1 Å². The molecule has 1 aromatic rings. The van der Waals surface area contributed by atoms with Crippen molar-refractivity contribution in [2.75, 3.05) is 13.2 Å². The Bertz CT molecular complexity index is 344. The molecular formula is C10H10O4. The van der Waals surface area contributed by atoms with Gasteiger partial charge in [-0.15, -0.1) is 0 Å². The molecule has 4 heteroatoms. The fourth-order valence-electron chi connectivity index (χ4n) is 1.07. The van der Waals surface area contributed by atoms with Gasteiger partial charge in [0, 0.05) is 0 Å². The average molecular weight is 194 g/mol. The summed E-state index contributed by atoms with van der Waals surface area (Å²) in [6.45, 7) is 1.22. The van der Waals surface area contributed by atoms with Crippen molar-refractivity contribution < 1.29 is 19.4 Å². The molecule has 1 aliphatic heterocycles. The first-order chi connectivity index (χ1) is 6.75. The van der Waals surface area contributed by atoms with Crippen molar-refractivity contribution in [3.63, 3.8) is 0 Å². The lowest BCUT2D eigenvalue weighted by Crippen LogP contribution is -2.05. The molecule has 2 rings (SSSR count). The van der Waals surface area contributed by atoms with E-state index in [9.17, 15) is 4.79 Å². The first-order valence-corrected chi connectivity index (χ1v) is 4.33. The molecule has 0 aliphatic carbocycles. The summed E-state index contributed by atoms with van der Waals surface area (Å²) in [6.07, 6.45) is 0.184. The number of aromatic carboxylic acids is 1. The number of rotatable bonds is 4.